The van der Waals surface area contributed by atoms with Crippen molar-refractivity contribution in [3.63, 3.8) is 0 Å². The summed E-state index contributed by atoms with van der Waals surface area (Å²) in [6, 6.07) is 0.0997. The number of nitrogens with zero attached hydrogens (tertiary/aromatic N) is 1. The predicted molar refractivity (Wildman–Crippen MR) is 71.1 cm³/mol. The largest absolute Gasteiger partial charge is 0.352 e. The Labute approximate surface area is 112 Å². The molecule has 1 saturated carbocycles. The maximum atomic E-state index is 12.3. The molecule has 4 nitrogen and oxygen atoms in total. The van der Waals surface area contributed by atoms with E-state index in [0.29, 0.717) is 12.5 Å². The molecule has 3 fully saturated rings. The Morgan fingerprint density at radius 2 is 2.17 bits per heavy atom. The number of carbonyl (C=O) groups is 2. The van der Waals surface area contributed by atoms with Gasteiger partial charge < -0.3 is 10.2 Å². The fourth-order valence-corrected chi connectivity index (χ4v) is 4.81. The Kier molecular flexibility index (Phi) is 3.04. The van der Waals surface area contributed by atoms with Crippen LogP contribution >= 0.6 is 11.8 Å². The lowest BCUT2D eigenvalue weighted by atomic mass is 10.2. The number of carbonyl (C=O) groups excluding carboxylic acids is 2. The van der Waals surface area contributed by atoms with Gasteiger partial charge in [-0.25, -0.2) is 0 Å². The molecule has 2 aliphatic heterocycles. The third-order valence-corrected chi connectivity index (χ3v) is 5.95. The number of rotatable bonds is 2. The quantitative estimate of drug-likeness (QED) is 0.825. The van der Waals surface area contributed by atoms with Crippen LogP contribution < -0.4 is 5.32 Å². The van der Waals surface area contributed by atoms with E-state index in [-0.39, 0.29) is 22.7 Å². The number of nitrogens with one attached hydrogen (secondary N) is 1. The molecule has 3 aliphatic rings. The molecule has 2 atom stereocenters. The SMILES string of the molecule is C[C@@]12CCC(=O)N1[C@@H](C(=O)NC1CCCC1)CS2. The summed E-state index contributed by atoms with van der Waals surface area (Å²) >= 11 is 1.76. The second kappa shape index (κ2) is 4.44. The first-order valence-corrected chi connectivity index (χ1v) is 7.85. The van der Waals surface area contributed by atoms with E-state index in [1.807, 2.05) is 4.90 Å². The summed E-state index contributed by atoms with van der Waals surface area (Å²) in [5.74, 6) is 0.961. The van der Waals surface area contributed by atoms with Crippen molar-refractivity contribution in [2.24, 2.45) is 0 Å². The van der Waals surface area contributed by atoms with Crippen molar-refractivity contribution in [1.29, 1.82) is 0 Å². The van der Waals surface area contributed by atoms with Gasteiger partial charge in [-0.1, -0.05) is 12.8 Å². The average molecular weight is 268 g/mol. The molecule has 0 bridgehead atoms. The predicted octanol–water partition coefficient (Wildman–Crippen LogP) is 1.50. The Morgan fingerprint density at radius 1 is 1.44 bits per heavy atom. The van der Waals surface area contributed by atoms with Crippen molar-refractivity contribution >= 4 is 23.6 Å². The van der Waals surface area contributed by atoms with E-state index in [2.05, 4.69) is 12.2 Å². The van der Waals surface area contributed by atoms with Crippen molar-refractivity contribution in [2.45, 2.75) is 62.4 Å². The maximum Gasteiger partial charge on any atom is 0.243 e. The summed E-state index contributed by atoms with van der Waals surface area (Å²) < 4.78 is 0. The fraction of sp³-hybridized carbons (Fsp3) is 0.846. The van der Waals surface area contributed by atoms with Crippen molar-refractivity contribution < 1.29 is 9.59 Å². The van der Waals surface area contributed by atoms with Crippen molar-refractivity contribution in [2.75, 3.05) is 5.75 Å². The van der Waals surface area contributed by atoms with Gasteiger partial charge in [0, 0.05) is 18.2 Å². The van der Waals surface area contributed by atoms with Crippen LogP contribution in [0.5, 0.6) is 0 Å². The van der Waals surface area contributed by atoms with E-state index in [9.17, 15) is 9.59 Å². The van der Waals surface area contributed by atoms with E-state index >= 15 is 0 Å². The summed E-state index contributed by atoms with van der Waals surface area (Å²) in [6.07, 6.45) is 6.09. The molecule has 0 spiro atoms. The van der Waals surface area contributed by atoms with Crippen LogP contribution in [0, 0.1) is 0 Å². The molecule has 0 aromatic carbocycles. The fourth-order valence-electron chi connectivity index (χ4n) is 3.38. The molecule has 1 N–H and O–H groups in total. The monoisotopic (exact) mass is 268 g/mol. The van der Waals surface area contributed by atoms with E-state index in [1.54, 1.807) is 11.8 Å². The van der Waals surface area contributed by atoms with Crippen LogP contribution in [0.1, 0.15) is 45.4 Å². The highest BCUT2D eigenvalue weighted by molar-refractivity contribution is 8.01. The first-order chi connectivity index (χ1) is 8.60. The first-order valence-electron chi connectivity index (χ1n) is 6.87. The number of hydrogen-bond donors (Lipinski definition) is 1. The number of amides is 2. The maximum absolute atomic E-state index is 12.3. The molecule has 2 heterocycles. The van der Waals surface area contributed by atoms with Gasteiger partial charge in [-0.05, 0) is 26.2 Å². The Bertz CT molecular complexity index is 381. The number of fused-ring (bicyclic) bond motifs is 1. The van der Waals surface area contributed by atoms with Gasteiger partial charge in [-0.15, -0.1) is 11.8 Å². The average Bonchev–Trinajstić information content (AvgIpc) is 2.99. The summed E-state index contributed by atoms with van der Waals surface area (Å²) in [7, 11) is 0. The lowest BCUT2D eigenvalue weighted by molar-refractivity contribution is -0.138. The van der Waals surface area contributed by atoms with Gasteiger partial charge in [-0.3, -0.25) is 9.59 Å². The molecule has 0 aromatic heterocycles. The zero-order valence-corrected chi connectivity index (χ0v) is 11.6. The summed E-state index contributed by atoms with van der Waals surface area (Å²) in [5, 5.41) is 3.13. The van der Waals surface area contributed by atoms with Crippen LogP contribution in [0.2, 0.25) is 0 Å². The molecule has 2 amide bonds. The van der Waals surface area contributed by atoms with E-state index < -0.39 is 0 Å². The lowest BCUT2D eigenvalue weighted by Crippen LogP contribution is -2.51. The molecular formula is C13H20N2O2S. The summed E-state index contributed by atoms with van der Waals surface area (Å²) in [6.45, 7) is 2.09. The van der Waals surface area contributed by atoms with Gasteiger partial charge in [0.25, 0.3) is 0 Å². The smallest absolute Gasteiger partial charge is 0.243 e. The molecule has 2 saturated heterocycles. The zero-order chi connectivity index (χ0) is 12.8. The topological polar surface area (TPSA) is 49.4 Å². The second-order valence-electron chi connectivity index (χ2n) is 5.76. The Morgan fingerprint density at radius 3 is 2.89 bits per heavy atom. The van der Waals surface area contributed by atoms with Crippen LogP contribution in [0.25, 0.3) is 0 Å². The van der Waals surface area contributed by atoms with Crippen LogP contribution in [-0.2, 0) is 9.59 Å². The number of thioether (sulfide) groups is 1. The van der Waals surface area contributed by atoms with Gasteiger partial charge in [0.2, 0.25) is 11.8 Å². The van der Waals surface area contributed by atoms with Crippen LogP contribution in [0.3, 0.4) is 0 Å². The minimum atomic E-state index is -0.240. The van der Waals surface area contributed by atoms with Crippen LogP contribution in [0.4, 0.5) is 0 Å². The standard InChI is InChI=1S/C13H20N2O2S/c1-13-7-6-11(16)15(13)10(8-18-13)12(17)14-9-4-2-3-5-9/h9-10H,2-8H2,1H3,(H,14,17)/t10-,13-/m1/s1. The third kappa shape index (κ3) is 1.92. The molecule has 5 heteroatoms. The Balaban J connectivity index is 1.68. The lowest BCUT2D eigenvalue weighted by Gasteiger charge is -2.30. The van der Waals surface area contributed by atoms with Crippen LogP contribution in [-0.4, -0.2) is 39.4 Å². The van der Waals surface area contributed by atoms with Crippen molar-refractivity contribution in [3.8, 4) is 0 Å². The zero-order valence-electron chi connectivity index (χ0n) is 10.8. The molecule has 18 heavy (non-hydrogen) atoms. The molecule has 0 radical (unpaired) electrons. The summed E-state index contributed by atoms with van der Waals surface area (Å²) in [5.41, 5.74) is 0. The minimum Gasteiger partial charge on any atom is -0.352 e. The molecule has 100 valence electrons. The van der Waals surface area contributed by atoms with Gasteiger partial charge in [0.05, 0.1) is 4.87 Å². The highest BCUT2D eigenvalue weighted by Crippen LogP contribution is 2.47. The van der Waals surface area contributed by atoms with Crippen molar-refractivity contribution in [1.82, 2.24) is 10.2 Å². The van der Waals surface area contributed by atoms with Gasteiger partial charge in [0.1, 0.15) is 6.04 Å². The molecule has 0 unspecified atom stereocenters. The molecule has 3 rings (SSSR count). The first kappa shape index (κ1) is 12.3. The van der Waals surface area contributed by atoms with E-state index in [4.69, 9.17) is 0 Å². The van der Waals surface area contributed by atoms with Crippen LogP contribution in [0.15, 0.2) is 0 Å². The minimum absolute atomic E-state index is 0.0633. The Hall–Kier alpha value is -0.710. The summed E-state index contributed by atoms with van der Waals surface area (Å²) in [4.78, 5) is 26.0. The highest BCUT2D eigenvalue weighted by atomic mass is 32.2. The molecular weight excluding hydrogens is 248 g/mol. The molecule has 0 aromatic rings. The number of hydrogen-bond acceptors (Lipinski definition) is 3. The molecule has 1 aliphatic carbocycles. The van der Waals surface area contributed by atoms with Gasteiger partial charge >= 0.3 is 0 Å². The van der Waals surface area contributed by atoms with Gasteiger partial charge in [-0.2, -0.15) is 0 Å². The highest BCUT2D eigenvalue weighted by Gasteiger charge is 2.53. The van der Waals surface area contributed by atoms with E-state index in [0.717, 1.165) is 25.0 Å². The van der Waals surface area contributed by atoms with Crippen molar-refractivity contribution in [3.05, 3.63) is 0 Å². The van der Waals surface area contributed by atoms with E-state index in [1.165, 1.54) is 12.8 Å². The third-order valence-electron chi connectivity index (χ3n) is 4.45. The second-order valence-corrected chi connectivity index (χ2v) is 7.26. The van der Waals surface area contributed by atoms with Gasteiger partial charge in [0.15, 0.2) is 0 Å². The normalized spacial score (nSPS) is 36.2.